The van der Waals surface area contributed by atoms with Gasteiger partial charge in [0.05, 0.1) is 0 Å². The molecule has 3 aliphatic rings. The summed E-state index contributed by atoms with van der Waals surface area (Å²) < 4.78 is 5.33. The molecule has 5 rings (SSSR count). The van der Waals surface area contributed by atoms with Crippen molar-refractivity contribution in [3.05, 3.63) is 71.8 Å². The lowest BCUT2D eigenvalue weighted by Gasteiger charge is -2.43. The number of hydrogen-bond acceptors (Lipinski definition) is 7. The van der Waals surface area contributed by atoms with Gasteiger partial charge in [-0.2, -0.15) is 0 Å². The Morgan fingerprint density at radius 2 is 1.69 bits per heavy atom. The third-order valence-electron chi connectivity index (χ3n) is 7.03. The van der Waals surface area contributed by atoms with Gasteiger partial charge in [-0.15, -0.1) is 0 Å². The number of esters is 1. The molecule has 0 spiro atoms. The van der Waals surface area contributed by atoms with Crippen molar-refractivity contribution in [1.82, 2.24) is 24.9 Å². The van der Waals surface area contributed by atoms with Gasteiger partial charge in [0.2, 0.25) is 0 Å². The van der Waals surface area contributed by atoms with Crippen LogP contribution in [0.4, 0.5) is 4.79 Å². The number of carbonyl (C=O) groups excluding carboxylic acids is 3. The van der Waals surface area contributed by atoms with E-state index in [0.29, 0.717) is 0 Å². The lowest BCUT2D eigenvalue weighted by atomic mass is 10.1. The Hall–Kier alpha value is -3.27. The number of imide groups is 1. The Morgan fingerprint density at radius 1 is 1.00 bits per heavy atom. The summed E-state index contributed by atoms with van der Waals surface area (Å²) in [5.41, 5.74) is 2.12. The second-order valence-corrected chi connectivity index (χ2v) is 9.26. The molecule has 3 atom stereocenters. The van der Waals surface area contributed by atoms with Gasteiger partial charge in [-0.3, -0.25) is 29.6 Å². The van der Waals surface area contributed by atoms with Crippen molar-refractivity contribution in [2.45, 2.75) is 37.9 Å². The first kappa shape index (κ1) is 23.5. The van der Waals surface area contributed by atoms with E-state index in [1.54, 1.807) is 7.05 Å². The molecule has 0 saturated carbocycles. The van der Waals surface area contributed by atoms with E-state index in [0.717, 1.165) is 42.9 Å². The number of carbonyl (C=O) groups is 3. The molecule has 184 valence electrons. The molecule has 9 heteroatoms. The molecule has 0 aliphatic carbocycles. The highest BCUT2D eigenvalue weighted by molar-refractivity contribution is 6.02. The maximum absolute atomic E-state index is 13.5. The Bertz CT molecular complexity index is 1070. The van der Waals surface area contributed by atoms with Crippen molar-refractivity contribution in [2.24, 2.45) is 0 Å². The van der Waals surface area contributed by atoms with Crippen LogP contribution in [0.1, 0.15) is 17.5 Å². The molecule has 0 aromatic heterocycles. The first-order valence-electron chi connectivity index (χ1n) is 12.1. The second-order valence-electron chi connectivity index (χ2n) is 9.26. The van der Waals surface area contributed by atoms with Crippen molar-refractivity contribution in [3.8, 4) is 0 Å². The van der Waals surface area contributed by atoms with E-state index in [1.165, 1.54) is 10.5 Å². The number of urea groups is 1. The number of rotatable bonds is 7. The van der Waals surface area contributed by atoms with Crippen molar-refractivity contribution < 1.29 is 19.1 Å². The van der Waals surface area contributed by atoms with Crippen LogP contribution in [0.15, 0.2) is 60.7 Å². The minimum absolute atomic E-state index is 0.101. The lowest BCUT2D eigenvalue weighted by Crippen LogP contribution is -2.67. The normalized spacial score (nSPS) is 24.9. The minimum atomic E-state index is -0.604. The van der Waals surface area contributed by atoms with Gasteiger partial charge in [0.1, 0.15) is 31.6 Å². The van der Waals surface area contributed by atoms with Crippen LogP contribution >= 0.6 is 0 Å². The van der Waals surface area contributed by atoms with Crippen LogP contribution in [0.5, 0.6) is 0 Å². The molecule has 3 aliphatic heterocycles. The SMILES string of the molecule is CN1C(=O)N(CC(=O)OCc2ccccc2)C(=O)C2C1NC1N(CCc3ccccc3)CCCN21. The zero-order valence-electron chi connectivity index (χ0n) is 19.9. The Balaban J connectivity index is 1.25. The highest BCUT2D eigenvalue weighted by atomic mass is 16.5. The highest BCUT2D eigenvalue weighted by Crippen LogP contribution is 2.30. The number of benzene rings is 2. The second kappa shape index (κ2) is 10.2. The van der Waals surface area contributed by atoms with E-state index < -0.39 is 30.8 Å². The van der Waals surface area contributed by atoms with E-state index in [1.807, 2.05) is 48.5 Å². The zero-order chi connectivity index (χ0) is 24.4. The Kier molecular flexibility index (Phi) is 6.81. The first-order valence-corrected chi connectivity index (χ1v) is 12.1. The molecule has 2 aromatic rings. The summed E-state index contributed by atoms with van der Waals surface area (Å²) in [6.45, 7) is 2.22. The molecule has 35 heavy (non-hydrogen) atoms. The van der Waals surface area contributed by atoms with E-state index >= 15 is 0 Å². The standard InChI is InChI=1S/C26H31N5O4/c1-28-23-22(24(33)31(26(28)34)17-21(32)35-18-20-11-6-3-7-12-20)30-15-8-14-29(25(30)27-23)16-13-19-9-4-2-5-10-19/h2-7,9-12,22-23,25,27H,8,13-18H2,1H3. The lowest BCUT2D eigenvalue weighted by molar-refractivity contribution is -0.152. The summed E-state index contributed by atoms with van der Waals surface area (Å²) in [7, 11) is 1.68. The van der Waals surface area contributed by atoms with Gasteiger partial charge in [0.15, 0.2) is 0 Å². The average molecular weight is 478 g/mol. The molecule has 3 heterocycles. The van der Waals surface area contributed by atoms with Crippen LogP contribution in [0.25, 0.3) is 0 Å². The monoisotopic (exact) mass is 477 g/mol. The van der Waals surface area contributed by atoms with Crippen molar-refractivity contribution in [3.63, 3.8) is 0 Å². The third kappa shape index (κ3) is 4.80. The topological polar surface area (TPSA) is 85.4 Å². The fraction of sp³-hybridized carbons (Fsp3) is 0.423. The van der Waals surface area contributed by atoms with Crippen LogP contribution in [0.3, 0.4) is 0 Å². The third-order valence-corrected chi connectivity index (χ3v) is 7.03. The van der Waals surface area contributed by atoms with Gasteiger partial charge in [-0.1, -0.05) is 60.7 Å². The molecular weight excluding hydrogens is 446 g/mol. The molecule has 0 bridgehead atoms. The number of nitrogens with one attached hydrogen (secondary N) is 1. The first-order chi connectivity index (χ1) is 17.0. The summed E-state index contributed by atoms with van der Waals surface area (Å²) in [5.74, 6) is -0.956. The Labute approximate surface area is 205 Å². The summed E-state index contributed by atoms with van der Waals surface area (Å²) >= 11 is 0. The van der Waals surface area contributed by atoms with Crippen LogP contribution in [0, 0.1) is 0 Å². The number of amides is 3. The number of hydrogen-bond donors (Lipinski definition) is 1. The molecule has 3 amide bonds. The predicted octanol–water partition coefficient (Wildman–Crippen LogP) is 1.46. The average Bonchev–Trinajstić information content (AvgIpc) is 3.29. The number of nitrogens with zero attached hydrogens (tertiary/aromatic N) is 4. The fourth-order valence-corrected chi connectivity index (χ4v) is 5.20. The van der Waals surface area contributed by atoms with E-state index in [2.05, 4.69) is 27.2 Å². The van der Waals surface area contributed by atoms with Crippen molar-refractivity contribution >= 4 is 17.9 Å². The summed E-state index contributed by atoms with van der Waals surface area (Å²) in [4.78, 5) is 46.1. The number of likely N-dealkylation sites (N-methyl/N-ethyl adjacent to an activating group) is 1. The predicted molar refractivity (Wildman–Crippen MR) is 129 cm³/mol. The van der Waals surface area contributed by atoms with Gasteiger partial charge in [-0.25, -0.2) is 4.79 Å². The van der Waals surface area contributed by atoms with Gasteiger partial charge in [0, 0.05) is 26.7 Å². The highest BCUT2D eigenvalue weighted by Gasteiger charge is 2.56. The largest absolute Gasteiger partial charge is 0.459 e. The fourth-order valence-electron chi connectivity index (χ4n) is 5.20. The molecule has 3 unspecified atom stereocenters. The van der Waals surface area contributed by atoms with Gasteiger partial charge < -0.3 is 9.64 Å². The number of fused-ring (bicyclic) bond motifs is 3. The van der Waals surface area contributed by atoms with Crippen molar-refractivity contribution in [1.29, 1.82) is 0 Å². The zero-order valence-corrected chi connectivity index (χ0v) is 19.9. The van der Waals surface area contributed by atoms with Crippen LogP contribution < -0.4 is 5.32 Å². The van der Waals surface area contributed by atoms with Gasteiger partial charge >= 0.3 is 12.0 Å². The van der Waals surface area contributed by atoms with Gasteiger partial charge in [-0.05, 0) is 24.0 Å². The molecular formula is C26H31N5O4. The maximum atomic E-state index is 13.5. The molecule has 9 nitrogen and oxygen atoms in total. The number of ether oxygens (including phenoxy) is 1. The molecule has 1 N–H and O–H groups in total. The molecule has 2 aromatic carbocycles. The van der Waals surface area contributed by atoms with E-state index in [4.69, 9.17) is 4.74 Å². The smallest absolute Gasteiger partial charge is 0.328 e. The van der Waals surface area contributed by atoms with E-state index in [9.17, 15) is 14.4 Å². The van der Waals surface area contributed by atoms with E-state index in [-0.39, 0.29) is 18.8 Å². The quantitative estimate of drug-likeness (QED) is 0.605. The molecule has 0 radical (unpaired) electrons. The Morgan fingerprint density at radius 3 is 2.40 bits per heavy atom. The van der Waals surface area contributed by atoms with Gasteiger partial charge in [0.25, 0.3) is 5.91 Å². The minimum Gasteiger partial charge on any atom is -0.459 e. The summed E-state index contributed by atoms with van der Waals surface area (Å²) in [5, 5.41) is 3.51. The maximum Gasteiger partial charge on any atom is 0.328 e. The summed E-state index contributed by atoms with van der Waals surface area (Å²) in [6, 6.07) is 18.6. The van der Waals surface area contributed by atoms with Crippen LogP contribution in [-0.2, 0) is 27.4 Å². The summed E-state index contributed by atoms with van der Waals surface area (Å²) in [6.07, 6.45) is 1.27. The van der Waals surface area contributed by atoms with Crippen LogP contribution in [0.2, 0.25) is 0 Å². The van der Waals surface area contributed by atoms with Crippen LogP contribution in [-0.4, -0.2) is 89.2 Å². The molecule has 3 fully saturated rings. The van der Waals surface area contributed by atoms with Crippen molar-refractivity contribution in [2.75, 3.05) is 33.2 Å². The molecule has 3 saturated heterocycles.